The Hall–Kier alpha value is -1.68. The van der Waals surface area contributed by atoms with Gasteiger partial charge in [0.1, 0.15) is 5.82 Å². The molecular weight excluding hydrogens is 277 g/mol. The van der Waals surface area contributed by atoms with E-state index in [1.807, 2.05) is 23.9 Å². The second-order valence-corrected chi connectivity index (χ2v) is 6.42. The highest BCUT2D eigenvalue weighted by Crippen LogP contribution is 2.23. The van der Waals surface area contributed by atoms with Crippen LogP contribution in [0.1, 0.15) is 29.8 Å². The molecule has 2 heterocycles. The molecule has 0 bridgehead atoms. The third kappa shape index (κ3) is 3.55. The van der Waals surface area contributed by atoms with Gasteiger partial charge >= 0.3 is 0 Å². The second kappa shape index (κ2) is 6.61. The molecule has 3 nitrogen and oxygen atoms in total. The maximum atomic E-state index is 13.7. The van der Waals surface area contributed by atoms with Gasteiger partial charge in [0.25, 0.3) is 0 Å². The number of piperidine rings is 1. The zero-order valence-electron chi connectivity index (χ0n) is 13.4. The van der Waals surface area contributed by atoms with E-state index in [0.29, 0.717) is 5.92 Å². The van der Waals surface area contributed by atoms with Crippen LogP contribution in [0.25, 0.3) is 0 Å². The largest absolute Gasteiger partial charge is 0.297 e. The number of hydrogen-bond donors (Lipinski definition) is 0. The van der Waals surface area contributed by atoms with Gasteiger partial charge in [0.15, 0.2) is 0 Å². The average Bonchev–Trinajstić information content (AvgIpc) is 2.82. The summed E-state index contributed by atoms with van der Waals surface area (Å²) in [4.78, 5) is 2.46. The van der Waals surface area contributed by atoms with Crippen LogP contribution in [0, 0.1) is 18.7 Å². The predicted octanol–water partition coefficient (Wildman–Crippen LogP) is 3.32. The topological polar surface area (TPSA) is 21.1 Å². The Morgan fingerprint density at radius 1 is 1.23 bits per heavy atom. The molecule has 2 aromatic rings. The van der Waals surface area contributed by atoms with Gasteiger partial charge in [0.2, 0.25) is 0 Å². The summed E-state index contributed by atoms with van der Waals surface area (Å²) in [5, 5.41) is 4.53. The van der Waals surface area contributed by atoms with E-state index in [0.717, 1.165) is 50.2 Å². The summed E-state index contributed by atoms with van der Waals surface area (Å²) in [7, 11) is 1.99. The van der Waals surface area contributed by atoms with Crippen molar-refractivity contribution in [2.75, 3.05) is 13.1 Å². The van der Waals surface area contributed by atoms with Crippen molar-refractivity contribution in [3.63, 3.8) is 0 Å². The molecule has 4 heteroatoms. The molecule has 0 N–H and O–H groups in total. The lowest BCUT2D eigenvalue weighted by molar-refractivity contribution is 0.174. The van der Waals surface area contributed by atoms with Crippen molar-refractivity contribution >= 4 is 0 Å². The summed E-state index contributed by atoms with van der Waals surface area (Å²) in [6, 6.07) is 9.32. The van der Waals surface area contributed by atoms with Gasteiger partial charge in [-0.25, -0.2) is 4.39 Å². The molecule has 1 aliphatic rings. The Morgan fingerprint density at radius 2 is 1.95 bits per heavy atom. The summed E-state index contributed by atoms with van der Waals surface area (Å²) in [6.07, 6.45) is 3.14. The van der Waals surface area contributed by atoms with E-state index in [-0.39, 0.29) is 5.82 Å². The molecule has 1 aromatic heterocycles. The number of rotatable bonds is 4. The van der Waals surface area contributed by atoms with Crippen molar-refractivity contribution < 1.29 is 4.39 Å². The Bertz CT molecular complexity index is 608. The molecule has 22 heavy (non-hydrogen) atoms. The summed E-state index contributed by atoms with van der Waals surface area (Å²) in [5.41, 5.74) is 3.21. The summed E-state index contributed by atoms with van der Waals surface area (Å²) in [6.45, 7) is 5.16. The van der Waals surface area contributed by atoms with Gasteiger partial charge in [0.05, 0.1) is 5.69 Å². The van der Waals surface area contributed by atoms with Crippen molar-refractivity contribution in [3.8, 4) is 0 Å². The SMILES string of the molecule is Cc1cc(CN2CCC(Cc3ccccc3F)CC2)nn1C. The third-order valence-electron chi connectivity index (χ3n) is 4.72. The fourth-order valence-electron chi connectivity index (χ4n) is 3.26. The first-order valence-corrected chi connectivity index (χ1v) is 8.07. The number of likely N-dealkylation sites (tertiary alicyclic amines) is 1. The van der Waals surface area contributed by atoms with E-state index in [9.17, 15) is 4.39 Å². The van der Waals surface area contributed by atoms with Gasteiger partial charge in [-0.1, -0.05) is 18.2 Å². The Kier molecular flexibility index (Phi) is 4.57. The molecule has 1 aliphatic heterocycles. The second-order valence-electron chi connectivity index (χ2n) is 6.42. The Labute approximate surface area is 131 Å². The van der Waals surface area contributed by atoms with Crippen molar-refractivity contribution in [1.82, 2.24) is 14.7 Å². The molecule has 1 saturated heterocycles. The van der Waals surface area contributed by atoms with E-state index in [2.05, 4.69) is 23.0 Å². The van der Waals surface area contributed by atoms with Crippen LogP contribution >= 0.6 is 0 Å². The van der Waals surface area contributed by atoms with Gasteiger partial charge in [-0.15, -0.1) is 0 Å². The first kappa shape index (κ1) is 15.2. The van der Waals surface area contributed by atoms with Crippen LogP contribution in [0.5, 0.6) is 0 Å². The first-order valence-electron chi connectivity index (χ1n) is 8.07. The molecule has 0 amide bonds. The van der Waals surface area contributed by atoms with Gasteiger partial charge in [-0.05, 0) is 62.9 Å². The molecule has 0 saturated carbocycles. The zero-order valence-corrected chi connectivity index (χ0v) is 13.4. The summed E-state index contributed by atoms with van der Waals surface area (Å²) >= 11 is 0. The number of hydrogen-bond acceptors (Lipinski definition) is 2. The van der Waals surface area contributed by atoms with Gasteiger partial charge in [-0.2, -0.15) is 5.10 Å². The maximum absolute atomic E-state index is 13.7. The number of halogens is 1. The average molecular weight is 301 g/mol. The summed E-state index contributed by atoms with van der Waals surface area (Å²) in [5.74, 6) is 0.535. The van der Waals surface area contributed by atoms with E-state index < -0.39 is 0 Å². The normalized spacial score (nSPS) is 17.0. The van der Waals surface area contributed by atoms with Crippen molar-refractivity contribution in [3.05, 3.63) is 53.1 Å². The summed E-state index contributed by atoms with van der Waals surface area (Å²) < 4.78 is 15.7. The van der Waals surface area contributed by atoms with E-state index in [1.165, 1.54) is 5.69 Å². The van der Waals surface area contributed by atoms with E-state index in [1.54, 1.807) is 12.1 Å². The van der Waals surface area contributed by atoms with Crippen LogP contribution in [0.15, 0.2) is 30.3 Å². The lowest BCUT2D eigenvalue weighted by atomic mass is 9.90. The number of aryl methyl sites for hydroxylation is 2. The number of aromatic nitrogens is 2. The van der Waals surface area contributed by atoms with Crippen LogP contribution in [-0.2, 0) is 20.0 Å². The molecule has 0 radical (unpaired) electrons. The van der Waals surface area contributed by atoms with Gasteiger partial charge in [-0.3, -0.25) is 9.58 Å². The smallest absolute Gasteiger partial charge is 0.126 e. The quantitative estimate of drug-likeness (QED) is 0.864. The van der Waals surface area contributed by atoms with Crippen LogP contribution in [0.2, 0.25) is 0 Å². The van der Waals surface area contributed by atoms with Crippen LogP contribution < -0.4 is 0 Å². The molecule has 3 rings (SSSR count). The highest BCUT2D eigenvalue weighted by molar-refractivity contribution is 5.18. The molecule has 0 aliphatic carbocycles. The fourth-order valence-corrected chi connectivity index (χ4v) is 3.26. The molecule has 1 aromatic carbocycles. The third-order valence-corrected chi connectivity index (χ3v) is 4.72. The fraction of sp³-hybridized carbons (Fsp3) is 0.500. The van der Waals surface area contributed by atoms with Crippen LogP contribution in [0.4, 0.5) is 4.39 Å². The monoisotopic (exact) mass is 301 g/mol. The lowest BCUT2D eigenvalue weighted by Crippen LogP contribution is -2.34. The predicted molar refractivity (Wildman–Crippen MR) is 86.1 cm³/mol. The zero-order chi connectivity index (χ0) is 15.5. The highest BCUT2D eigenvalue weighted by atomic mass is 19.1. The van der Waals surface area contributed by atoms with Crippen LogP contribution in [0.3, 0.4) is 0 Å². The van der Waals surface area contributed by atoms with Crippen LogP contribution in [-0.4, -0.2) is 27.8 Å². The molecule has 0 spiro atoms. The first-order chi connectivity index (χ1) is 10.6. The van der Waals surface area contributed by atoms with Gasteiger partial charge in [0, 0.05) is 19.3 Å². The Morgan fingerprint density at radius 3 is 2.59 bits per heavy atom. The minimum atomic E-state index is -0.0612. The standard InChI is InChI=1S/C18H24FN3/c1-14-11-17(20-21(14)2)13-22-9-7-15(8-10-22)12-16-5-3-4-6-18(16)19/h3-6,11,15H,7-10,12-13H2,1-2H3. The van der Waals surface area contributed by atoms with Gasteiger partial charge < -0.3 is 0 Å². The minimum absolute atomic E-state index is 0.0612. The van der Waals surface area contributed by atoms with Crippen molar-refractivity contribution in [2.24, 2.45) is 13.0 Å². The molecule has 1 fully saturated rings. The minimum Gasteiger partial charge on any atom is -0.297 e. The molecule has 0 unspecified atom stereocenters. The van der Waals surface area contributed by atoms with Crippen molar-refractivity contribution in [1.29, 1.82) is 0 Å². The number of nitrogens with zero attached hydrogens (tertiary/aromatic N) is 3. The number of benzene rings is 1. The van der Waals surface area contributed by atoms with E-state index in [4.69, 9.17) is 0 Å². The maximum Gasteiger partial charge on any atom is 0.126 e. The highest BCUT2D eigenvalue weighted by Gasteiger charge is 2.21. The van der Waals surface area contributed by atoms with Crippen molar-refractivity contribution in [2.45, 2.75) is 32.7 Å². The van der Waals surface area contributed by atoms with E-state index >= 15 is 0 Å². The molecule has 0 atom stereocenters. The lowest BCUT2D eigenvalue weighted by Gasteiger charge is -2.31. The Balaban J connectivity index is 1.51. The molecule has 118 valence electrons. The molecular formula is C18H24FN3.